The zero-order valence-electron chi connectivity index (χ0n) is 13.3. The highest BCUT2D eigenvalue weighted by Crippen LogP contribution is 2.25. The summed E-state index contributed by atoms with van der Waals surface area (Å²) in [4.78, 5) is 24.6. The third kappa shape index (κ3) is 2.55. The van der Waals surface area contributed by atoms with E-state index in [4.69, 9.17) is 9.15 Å². The van der Waals surface area contributed by atoms with Crippen LogP contribution in [0.2, 0.25) is 0 Å². The van der Waals surface area contributed by atoms with Crippen molar-refractivity contribution < 1.29 is 13.9 Å². The van der Waals surface area contributed by atoms with Gasteiger partial charge in [0.25, 0.3) is 5.56 Å². The molecule has 0 N–H and O–H groups in total. The van der Waals surface area contributed by atoms with E-state index in [9.17, 15) is 9.59 Å². The number of carbonyl (C=O) groups excluding carboxylic acids is 1. The normalized spacial score (nSPS) is 11.1. The molecule has 0 unspecified atom stereocenters. The Labute approximate surface area is 141 Å². The van der Waals surface area contributed by atoms with Crippen LogP contribution in [0.5, 0.6) is 0 Å². The lowest BCUT2D eigenvalue weighted by Gasteiger charge is -2.05. The number of furan rings is 1. The lowest BCUT2D eigenvalue weighted by molar-refractivity contribution is 0.0301. The summed E-state index contributed by atoms with van der Waals surface area (Å²) >= 11 is 0. The predicted molar refractivity (Wildman–Crippen MR) is 90.2 cm³/mol. The Balaban J connectivity index is 1.60. The lowest BCUT2D eigenvalue weighted by Crippen LogP contribution is -2.26. The van der Waals surface area contributed by atoms with Gasteiger partial charge in [-0.2, -0.15) is 4.68 Å². The zero-order chi connectivity index (χ0) is 17.4. The van der Waals surface area contributed by atoms with E-state index in [1.807, 2.05) is 18.2 Å². The third-order valence-corrected chi connectivity index (χ3v) is 3.98. The first-order valence-corrected chi connectivity index (χ1v) is 7.63. The predicted octanol–water partition coefficient (Wildman–Crippen LogP) is 2.66. The SMILES string of the molecule is Cc1c(C(=O)OCn2nnc3ccccc3c2=O)oc2ccccc12. The van der Waals surface area contributed by atoms with Crippen molar-refractivity contribution in [1.29, 1.82) is 0 Å². The number of ether oxygens (including phenoxy) is 1. The monoisotopic (exact) mass is 335 g/mol. The minimum atomic E-state index is -0.657. The molecule has 0 aliphatic heterocycles. The minimum absolute atomic E-state index is 0.114. The highest BCUT2D eigenvalue weighted by molar-refractivity contribution is 5.95. The number of nitrogens with zero attached hydrogens (tertiary/aromatic N) is 3. The summed E-state index contributed by atoms with van der Waals surface area (Å²) < 4.78 is 11.7. The second kappa shape index (κ2) is 5.86. The van der Waals surface area contributed by atoms with Gasteiger partial charge in [-0.1, -0.05) is 35.5 Å². The van der Waals surface area contributed by atoms with Crippen LogP contribution in [0.3, 0.4) is 0 Å². The average Bonchev–Trinajstić information content (AvgIpc) is 2.98. The summed E-state index contributed by atoms with van der Waals surface area (Å²) in [7, 11) is 0. The molecule has 0 bridgehead atoms. The van der Waals surface area contributed by atoms with Crippen LogP contribution in [0, 0.1) is 6.92 Å². The van der Waals surface area contributed by atoms with Gasteiger partial charge in [-0.15, -0.1) is 5.10 Å². The topological polar surface area (TPSA) is 87.2 Å². The van der Waals surface area contributed by atoms with E-state index in [2.05, 4.69) is 10.3 Å². The van der Waals surface area contributed by atoms with E-state index in [0.717, 1.165) is 10.1 Å². The molecule has 0 aliphatic carbocycles. The second-order valence-electron chi connectivity index (χ2n) is 5.52. The van der Waals surface area contributed by atoms with Crippen LogP contribution in [0.25, 0.3) is 21.9 Å². The Hall–Kier alpha value is -3.48. The van der Waals surface area contributed by atoms with Crippen LogP contribution >= 0.6 is 0 Å². The van der Waals surface area contributed by atoms with E-state index in [0.29, 0.717) is 22.0 Å². The fourth-order valence-corrected chi connectivity index (χ4v) is 2.66. The first-order valence-electron chi connectivity index (χ1n) is 7.63. The van der Waals surface area contributed by atoms with Crippen molar-refractivity contribution in [3.05, 3.63) is 70.2 Å². The van der Waals surface area contributed by atoms with Gasteiger partial charge in [-0.05, 0) is 25.1 Å². The Kier molecular flexibility index (Phi) is 3.53. The molecule has 25 heavy (non-hydrogen) atoms. The molecule has 0 saturated heterocycles. The van der Waals surface area contributed by atoms with Crippen molar-refractivity contribution in [3.63, 3.8) is 0 Å². The molecule has 0 fully saturated rings. The van der Waals surface area contributed by atoms with Crippen molar-refractivity contribution in [2.24, 2.45) is 0 Å². The van der Waals surface area contributed by atoms with E-state index in [-0.39, 0.29) is 18.1 Å². The zero-order valence-corrected chi connectivity index (χ0v) is 13.3. The van der Waals surface area contributed by atoms with Crippen molar-refractivity contribution in [1.82, 2.24) is 15.0 Å². The Bertz CT molecular complexity index is 1160. The van der Waals surface area contributed by atoms with Gasteiger partial charge in [0.1, 0.15) is 11.1 Å². The average molecular weight is 335 g/mol. The van der Waals surface area contributed by atoms with Crippen molar-refractivity contribution in [2.75, 3.05) is 0 Å². The van der Waals surface area contributed by atoms with Gasteiger partial charge in [-0.25, -0.2) is 4.79 Å². The highest BCUT2D eigenvalue weighted by atomic mass is 16.6. The summed E-state index contributed by atoms with van der Waals surface area (Å²) in [5.74, 6) is -0.543. The van der Waals surface area contributed by atoms with E-state index in [1.165, 1.54) is 0 Å². The molecular formula is C18H13N3O4. The van der Waals surface area contributed by atoms with Crippen LogP contribution in [-0.2, 0) is 11.5 Å². The highest BCUT2D eigenvalue weighted by Gasteiger charge is 2.19. The summed E-state index contributed by atoms with van der Waals surface area (Å²) in [5.41, 5.74) is 1.41. The Morgan fingerprint density at radius 2 is 1.84 bits per heavy atom. The van der Waals surface area contributed by atoms with Gasteiger partial charge < -0.3 is 9.15 Å². The number of aryl methyl sites for hydroxylation is 1. The second-order valence-corrected chi connectivity index (χ2v) is 5.52. The van der Waals surface area contributed by atoms with Crippen molar-refractivity contribution in [2.45, 2.75) is 13.7 Å². The third-order valence-electron chi connectivity index (χ3n) is 3.98. The summed E-state index contributed by atoms with van der Waals surface area (Å²) in [5, 5.41) is 8.98. The number of hydrogen-bond acceptors (Lipinski definition) is 6. The fourth-order valence-electron chi connectivity index (χ4n) is 2.66. The number of esters is 1. The summed E-state index contributed by atoms with van der Waals surface area (Å²) in [6.45, 7) is 1.44. The van der Waals surface area contributed by atoms with Gasteiger partial charge in [0.2, 0.25) is 5.76 Å². The molecule has 2 aromatic heterocycles. The fraction of sp³-hybridized carbons (Fsp3) is 0.111. The standard InChI is InChI=1S/C18H13N3O4/c1-11-12-6-3-5-9-15(12)25-16(11)18(23)24-10-21-17(22)13-7-2-4-8-14(13)19-20-21/h2-9H,10H2,1H3. The van der Waals surface area contributed by atoms with Crippen molar-refractivity contribution in [3.8, 4) is 0 Å². The number of benzene rings is 2. The molecule has 2 heterocycles. The number of hydrogen-bond donors (Lipinski definition) is 0. The largest absolute Gasteiger partial charge is 0.449 e. The maximum absolute atomic E-state index is 12.3. The van der Waals surface area contributed by atoms with Crippen LogP contribution in [0.4, 0.5) is 0 Å². The van der Waals surface area contributed by atoms with E-state index >= 15 is 0 Å². The van der Waals surface area contributed by atoms with E-state index < -0.39 is 5.97 Å². The number of fused-ring (bicyclic) bond motifs is 2. The quantitative estimate of drug-likeness (QED) is 0.535. The Morgan fingerprint density at radius 3 is 2.64 bits per heavy atom. The van der Waals surface area contributed by atoms with Gasteiger partial charge >= 0.3 is 5.97 Å². The molecule has 2 aromatic carbocycles. The molecule has 124 valence electrons. The molecule has 0 atom stereocenters. The first kappa shape index (κ1) is 15.1. The number of para-hydroxylation sites is 1. The molecule has 4 aromatic rings. The van der Waals surface area contributed by atoms with Gasteiger partial charge in [-0.3, -0.25) is 4.79 Å². The lowest BCUT2D eigenvalue weighted by atomic mass is 10.1. The van der Waals surface area contributed by atoms with E-state index in [1.54, 1.807) is 37.3 Å². The minimum Gasteiger partial charge on any atom is -0.449 e. The smallest absolute Gasteiger partial charge is 0.376 e. The first-order chi connectivity index (χ1) is 12.1. The molecule has 0 saturated carbocycles. The van der Waals surface area contributed by atoms with Crippen LogP contribution in [-0.4, -0.2) is 21.0 Å². The number of carbonyl (C=O) groups is 1. The Morgan fingerprint density at radius 1 is 1.12 bits per heavy atom. The maximum atomic E-state index is 12.3. The van der Waals surface area contributed by atoms with Crippen molar-refractivity contribution >= 4 is 27.8 Å². The molecule has 0 spiro atoms. The molecule has 7 nitrogen and oxygen atoms in total. The number of rotatable bonds is 3. The molecule has 7 heteroatoms. The molecule has 0 aliphatic rings. The van der Waals surface area contributed by atoms with Gasteiger partial charge in [0.05, 0.1) is 5.39 Å². The summed E-state index contributed by atoms with van der Waals surface area (Å²) in [6, 6.07) is 14.2. The van der Waals surface area contributed by atoms with Crippen LogP contribution in [0.15, 0.2) is 57.7 Å². The van der Waals surface area contributed by atoms with Crippen LogP contribution in [0.1, 0.15) is 16.1 Å². The molecular weight excluding hydrogens is 322 g/mol. The summed E-state index contributed by atoms with van der Waals surface area (Å²) in [6.07, 6.45) is 0. The molecule has 0 radical (unpaired) electrons. The molecule has 0 amide bonds. The van der Waals surface area contributed by atoms with Gasteiger partial charge in [0.15, 0.2) is 6.73 Å². The molecule has 4 rings (SSSR count). The van der Waals surface area contributed by atoms with Gasteiger partial charge in [0, 0.05) is 10.9 Å². The maximum Gasteiger partial charge on any atom is 0.376 e. The van der Waals surface area contributed by atoms with Crippen LogP contribution < -0.4 is 5.56 Å². The number of aromatic nitrogens is 3.